The van der Waals surface area contributed by atoms with Gasteiger partial charge in [0.25, 0.3) is 0 Å². The first kappa shape index (κ1) is 16.3. The Morgan fingerprint density at radius 1 is 1.10 bits per heavy atom. The van der Waals surface area contributed by atoms with Gasteiger partial charge in [-0.25, -0.2) is 0 Å². The smallest absolute Gasteiger partial charge is 0.248 e. The number of hydrogen-bond acceptors (Lipinski definition) is 2. The van der Waals surface area contributed by atoms with Crippen molar-refractivity contribution in [3.05, 3.63) is 0 Å². The summed E-state index contributed by atoms with van der Waals surface area (Å²) in [6.07, 6.45) is 4.13. The molecule has 0 aromatic carbocycles. The molecule has 2 rings (SSSR count). The van der Waals surface area contributed by atoms with Crippen molar-refractivity contribution >= 4 is 11.8 Å². The van der Waals surface area contributed by atoms with Crippen molar-refractivity contribution in [3.8, 4) is 0 Å². The number of amides is 2. The molecule has 0 aromatic heterocycles. The molecule has 4 heteroatoms. The minimum atomic E-state index is -0.591. The largest absolute Gasteiger partial charge is 0.342 e. The van der Waals surface area contributed by atoms with E-state index in [1.807, 2.05) is 4.90 Å². The molecule has 1 saturated heterocycles. The minimum Gasteiger partial charge on any atom is -0.342 e. The Kier molecular flexibility index (Phi) is 4.95. The van der Waals surface area contributed by atoms with Gasteiger partial charge in [-0.05, 0) is 30.6 Å². The Morgan fingerprint density at radius 3 is 2.19 bits per heavy atom. The molecule has 1 saturated carbocycles. The van der Waals surface area contributed by atoms with Crippen molar-refractivity contribution in [3.63, 3.8) is 0 Å². The fraction of sp³-hybridized carbons (Fsp3) is 0.882. The zero-order valence-corrected chi connectivity index (χ0v) is 13.9. The summed E-state index contributed by atoms with van der Waals surface area (Å²) in [6, 6.07) is 0. The molecule has 21 heavy (non-hydrogen) atoms. The normalized spacial score (nSPS) is 22.5. The Bertz CT molecular complexity index is 390. The van der Waals surface area contributed by atoms with Crippen LogP contribution in [-0.2, 0) is 9.59 Å². The Labute approximate surface area is 128 Å². The van der Waals surface area contributed by atoms with Crippen LogP contribution in [0, 0.1) is 17.8 Å². The molecule has 120 valence electrons. The van der Waals surface area contributed by atoms with Gasteiger partial charge in [0, 0.05) is 19.5 Å². The summed E-state index contributed by atoms with van der Waals surface area (Å²) in [4.78, 5) is 27.0. The molecule has 1 aliphatic carbocycles. The number of nitrogens with zero attached hydrogens (tertiary/aromatic N) is 1. The molecule has 1 spiro atoms. The highest BCUT2D eigenvalue weighted by Gasteiger charge is 2.46. The number of carbonyl (C=O) groups excluding carboxylic acids is 2. The van der Waals surface area contributed by atoms with Crippen LogP contribution in [0.2, 0.25) is 0 Å². The van der Waals surface area contributed by atoms with E-state index in [-0.39, 0.29) is 11.8 Å². The quantitative estimate of drug-likeness (QED) is 0.866. The predicted molar refractivity (Wildman–Crippen MR) is 83.7 cm³/mol. The van der Waals surface area contributed by atoms with Crippen molar-refractivity contribution in [2.45, 2.75) is 65.3 Å². The van der Waals surface area contributed by atoms with Gasteiger partial charge in [-0.2, -0.15) is 0 Å². The van der Waals surface area contributed by atoms with Crippen molar-refractivity contribution < 1.29 is 9.59 Å². The first-order valence-corrected chi connectivity index (χ1v) is 8.46. The summed E-state index contributed by atoms with van der Waals surface area (Å²) in [7, 11) is 0. The minimum absolute atomic E-state index is 0.0402. The van der Waals surface area contributed by atoms with Gasteiger partial charge < -0.3 is 10.2 Å². The van der Waals surface area contributed by atoms with E-state index in [1.165, 1.54) is 0 Å². The highest BCUT2D eigenvalue weighted by Crippen LogP contribution is 2.34. The molecule has 0 unspecified atom stereocenters. The van der Waals surface area contributed by atoms with E-state index in [0.29, 0.717) is 30.7 Å². The van der Waals surface area contributed by atoms with Crippen molar-refractivity contribution in [1.29, 1.82) is 0 Å². The molecule has 4 nitrogen and oxygen atoms in total. The lowest BCUT2D eigenvalue weighted by atomic mass is 9.84. The fourth-order valence-corrected chi connectivity index (χ4v) is 3.96. The van der Waals surface area contributed by atoms with E-state index >= 15 is 0 Å². The van der Waals surface area contributed by atoms with Gasteiger partial charge >= 0.3 is 0 Å². The highest BCUT2D eigenvalue weighted by molar-refractivity contribution is 5.93. The fourth-order valence-electron chi connectivity index (χ4n) is 3.96. The molecule has 0 bridgehead atoms. The number of rotatable bonds is 4. The van der Waals surface area contributed by atoms with Crippen LogP contribution in [-0.4, -0.2) is 35.3 Å². The van der Waals surface area contributed by atoms with Gasteiger partial charge in [0.05, 0.1) is 0 Å². The topological polar surface area (TPSA) is 49.4 Å². The maximum atomic E-state index is 13.0. The maximum absolute atomic E-state index is 13.0. The van der Waals surface area contributed by atoms with Crippen LogP contribution >= 0.6 is 0 Å². The lowest BCUT2D eigenvalue weighted by Gasteiger charge is -2.36. The predicted octanol–water partition coefficient (Wildman–Crippen LogP) is 2.58. The van der Waals surface area contributed by atoms with E-state index in [2.05, 4.69) is 33.0 Å². The third-order valence-corrected chi connectivity index (χ3v) is 5.28. The molecule has 0 radical (unpaired) electrons. The maximum Gasteiger partial charge on any atom is 0.248 e. The number of nitrogens with one attached hydrogen (secondary N) is 1. The van der Waals surface area contributed by atoms with Crippen LogP contribution in [0.25, 0.3) is 0 Å². The molecule has 2 fully saturated rings. The summed E-state index contributed by atoms with van der Waals surface area (Å²) < 4.78 is 0. The van der Waals surface area contributed by atoms with Gasteiger partial charge in [-0.3, -0.25) is 9.59 Å². The van der Waals surface area contributed by atoms with Crippen molar-refractivity contribution in [1.82, 2.24) is 10.2 Å². The van der Waals surface area contributed by atoms with Gasteiger partial charge in [-0.15, -0.1) is 0 Å². The lowest BCUT2D eigenvalue weighted by molar-refractivity contribution is -0.139. The Morgan fingerprint density at radius 2 is 1.67 bits per heavy atom. The zero-order chi connectivity index (χ0) is 15.6. The van der Waals surface area contributed by atoms with E-state index in [1.54, 1.807) is 0 Å². The van der Waals surface area contributed by atoms with Gasteiger partial charge in [0.1, 0.15) is 5.54 Å². The molecular formula is C17H30N2O2. The second kappa shape index (κ2) is 6.37. The van der Waals surface area contributed by atoms with Crippen LogP contribution in [0.1, 0.15) is 59.8 Å². The second-order valence-corrected chi connectivity index (χ2v) is 7.49. The summed E-state index contributed by atoms with van der Waals surface area (Å²) in [5.74, 6) is 1.78. The van der Waals surface area contributed by atoms with Crippen LogP contribution in [0.15, 0.2) is 0 Å². The molecule has 1 aliphatic heterocycles. The number of hydrogen-bond donors (Lipinski definition) is 1. The summed E-state index contributed by atoms with van der Waals surface area (Å²) in [5, 5.41) is 3.04. The highest BCUT2D eigenvalue weighted by atomic mass is 16.2. The van der Waals surface area contributed by atoms with Gasteiger partial charge in [-0.1, -0.05) is 40.5 Å². The van der Waals surface area contributed by atoms with Crippen LogP contribution in [0.5, 0.6) is 0 Å². The van der Waals surface area contributed by atoms with E-state index < -0.39 is 5.54 Å². The van der Waals surface area contributed by atoms with E-state index in [9.17, 15) is 9.59 Å². The molecule has 2 aliphatic rings. The average Bonchev–Trinajstić information content (AvgIpc) is 2.82. The monoisotopic (exact) mass is 294 g/mol. The summed E-state index contributed by atoms with van der Waals surface area (Å²) in [5.41, 5.74) is -0.591. The van der Waals surface area contributed by atoms with Crippen LogP contribution in [0.3, 0.4) is 0 Å². The molecule has 0 aromatic rings. The van der Waals surface area contributed by atoms with Crippen molar-refractivity contribution in [2.75, 3.05) is 13.1 Å². The summed E-state index contributed by atoms with van der Waals surface area (Å²) >= 11 is 0. The van der Waals surface area contributed by atoms with Crippen LogP contribution < -0.4 is 5.32 Å². The van der Waals surface area contributed by atoms with Gasteiger partial charge in [0.2, 0.25) is 11.8 Å². The third kappa shape index (κ3) is 3.41. The molecule has 2 amide bonds. The Hall–Kier alpha value is -1.06. The standard InChI is InChI=1S/C17H30N2O2/c1-12(2)14(13(3)4)11-19-10-7-15(20)18-17(16(19)21)8-5-6-9-17/h12-14H,5-11H2,1-4H3,(H,18,20). The van der Waals surface area contributed by atoms with Crippen molar-refractivity contribution in [2.24, 2.45) is 17.8 Å². The molecule has 0 atom stereocenters. The lowest BCUT2D eigenvalue weighted by Crippen LogP contribution is -2.56. The van der Waals surface area contributed by atoms with Crippen LogP contribution in [0.4, 0.5) is 0 Å². The third-order valence-electron chi connectivity index (χ3n) is 5.28. The van der Waals surface area contributed by atoms with E-state index in [4.69, 9.17) is 0 Å². The van der Waals surface area contributed by atoms with Gasteiger partial charge in [0.15, 0.2) is 0 Å². The zero-order valence-electron chi connectivity index (χ0n) is 13.9. The average molecular weight is 294 g/mol. The number of carbonyl (C=O) groups is 2. The molecular weight excluding hydrogens is 264 g/mol. The second-order valence-electron chi connectivity index (χ2n) is 7.49. The molecule has 1 N–H and O–H groups in total. The SMILES string of the molecule is CC(C)C(CN1CCC(=O)NC2(CCCC2)C1=O)C(C)C. The first-order valence-electron chi connectivity index (χ1n) is 8.46. The Balaban J connectivity index is 2.18. The summed E-state index contributed by atoms with van der Waals surface area (Å²) in [6.45, 7) is 10.3. The first-order chi connectivity index (χ1) is 9.85. The molecule has 1 heterocycles. The van der Waals surface area contributed by atoms with E-state index in [0.717, 1.165) is 32.2 Å².